The minimum absolute atomic E-state index is 0.00704. The molecule has 8 heteroatoms. The standard InChI is InChI=1S/C27H32N2O5S/c1-35-13-12-24(26(31)32)29-25(30)14-18(17-10-11-17)15-28-27(33)34-16-23-21-8-4-2-6-19(21)20-7-3-5-9-22(20)23/h2-9,17-18,23-24H,10-16H2,1H3,(H,28,33)(H,29,30)(H,31,32)/t18?,24-/m0/s1. The van der Waals surface area contributed by atoms with Gasteiger partial charge in [0, 0.05) is 18.9 Å². The Morgan fingerprint density at radius 2 is 1.69 bits per heavy atom. The number of carboxylic acid groups (broad SMARTS) is 1. The maximum atomic E-state index is 12.5. The highest BCUT2D eigenvalue weighted by Crippen LogP contribution is 2.44. The Kier molecular flexibility index (Phi) is 8.33. The number of thioether (sulfide) groups is 1. The van der Waals surface area contributed by atoms with Crippen LogP contribution in [0.25, 0.3) is 11.1 Å². The average Bonchev–Trinajstić information content (AvgIpc) is 3.65. The van der Waals surface area contributed by atoms with Gasteiger partial charge in [-0.3, -0.25) is 4.79 Å². The van der Waals surface area contributed by atoms with Crippen molar-refractivity contribution >= 4 is 29.7 Å². The quantitative estimate of drug-likeness (QED) is 0.406. The summed E-state index contributed by atoms with van der Waals surface area (Å²) < 4.78 is 5.60. The maximum absolute atomic E-state index is 12.5. The Bertz CT molecular complexity index is 1030. The zero-order chi connectivity index (χ0) is 24.8. The molecule has 4 rings (SSSR count). The van der Waals surface area contributed by atoms with E-state index in [4.69, 9.17) is 4.74 Å². The third-order valence-electron chi connectivity index (χ3n) is 6.83. The van der Waals surface area contributed by atoms with Gasteiger partial charge in [0.05, 0.1) is 0 Å². The Morgan fingerprint density at radius 1 is 1.06 bits per heavy atom. The number of ether oxygens (including phenoxy) is 1. The topological polar surface area (TPSA) is 105 Å². The molecule has 2 aromatic rings. The molecule has 0 saturated heterocycles. The van der Waals surface area contributed by atoms with Gasteiger partial charge in [-0.2, -0.15) is 11.8 Å². The summed E-state index contributed by atoms with van der Waals surface area (Å²) in [7, 11) is 0. The van der Waals surface area contributed by atoms with Crippen LogP contribution in [0.2, 0.25) is 0 Å². The van der Waals surface area contributed by atoms with Crippen LogP contribution < -0.4 is 10.6 Å². The largest absolute Gasteiger partial charge is 0.480 e. The molecule has 0 radical (unpaired) electrons. The molecule has 0 aromatic heterocycles. The van der Waals surface area contributed by atoms with E-state index in [0.717, 1.165) is 24.0 Å². The van der Waals surface area contributed by atoms with Crippen LogP contribution in [-0.2, 0) is 14.3 Å². The molecule has 1 saturated carbocycles. The van der Waals surface area contributed by atoms with Crippen LogP contribution in [0.5, 0.6) is 0 Å². The molecule has 1 fully saturated rings. The van der Waals surface area contributed by atoms with Crippen molar-refractivity contribution in [3.63, 3.8) is 0 Å². The summed E-state index contributed by atoms with van der Waals surface area (Å²) in [5.41, 5.74) is 4.66. The molecular weight excluding hydrogens is 464 g/mol. The monoisotopic (exact) mass is 496 g/mol. The molecule has 2 amide bonds. The first kappa shape index (κ1) is 25.1. The predicted molar refractivity (Wildman–Crippen MR) is 136 cm³/mol. The Hall–Kier alpha value is -3.00. The molecule has 1 unspecified atom stereocenters. The SMILES string of the molecule is CSCC[C@H](NC(=O)CC(CNC(=O)OCC1c2ccccc2-c2ccccc21)C1CC1)C(=O)O. The molecule has 2 atom stereocenters. The van der Waals surface area contributed by atoms with Crippen molar-refractivity contribution < 1.29 is 24.2 Å². The van der Waals surface area contributed by atoms with Gasteiger partial charge in [-0.05, 0) is 65.4 Å². The van der Waals surface area contributed by atoms with E-state index in [0.29, 0.717) is 24.6 Å². The summed E-state index contributed by atoms with van der Waals surface area (Å²) in [6.45, 7) is 0.571. The van der Waals surface area contributed by atoms with Gasteiger partial charge < -0.3 is 20.5 Å². The zero-order valence-electron chi connectivity index (χ0n) is 19.9. The number of fused-ring (bicyclic) bond motifs is 3. The van der Waals surface area contributed by atoms with Gasteiger partial charge in [-0.25, -0.2) is 9.59 Å². The summed E-state index contributed by atoms with van der Waals surface area (Å²) >= 11 is 1.54. The van der Waals surface area contributed by atoms with Gasteiger partial charge in [0.1, 0.15) is 12.6 Å². The molecule has 3 N–H and O–H groups in total. The van der Waals surface area contributed by atoms with Gasteiger partial charge in [-0.1, -0.05) is 48.5 Å². The number of rotatable bonds is 12. The summed E-state index contributed by atoms with van der Waals surface area (Å²) in [4.78, 5) is 36.5. The number of amides is 2. The number of nitrogens with one attached hydrogen (secondary N) is 2. The van der Waals surface area contributed by atoms with Gasteiger partial charge in [-0.15, -0.1) is 0 Å². The lowest BCUT2D eigenvalue weighted by Crippen LogP contribution is -2.43. The highest BCUT2D eigenvalue weighted by molar-refractivity contribution is 7.98. The highest BCUT2D eigenvalue weighted by atomic mass is 32.2. The second-order valence-corrected chi connectivity index (χ2v) is 10.2. The first-order valence-corrected chi connectivity index (χ1v) is 13.5. The Labute approximate surface area is 210 Å². The van der Waals surface area contributed by atoms with Crippen molar-refractivity contribution in [1.29, 1.82) is 0 Å². The molecular formula is C27H32N2O5S. The van der Waals surface area contributed by atoms with Crippen LogP contribution in [0.4, 0.5) is 4.79 Å². The lowest BCUT2D eigenvalue weighted by atomic mass is 9.98. The first-order chi connectivity index (χ1) is 17.0. The average molecular weight is 497 g/mol. The van der Waals surface area contributed by atoms with Crippen LogP contribution in [-0.4, -0.2) is 54.3 Å². The minimum atomic E-state index is -1.02. The van der Waals surface area contributed by atoms with Crippen molar-refractivity contribution in [2.75, 3.05) is 25.2 Å². The zero-order valence-corrected chi connectivity index (χ0v) is 20.7. The van der Waals surface area contributed by atoms with Crippen LogP contribution in [0, 0.1) is 11.8 Å². The Morgan fingerprint density at radius 3 is 2.26 bits per heavy atom. The van der Waals surface area contributed by atoms with E-state index in [1.54, 1.807) is 11.8 Å². The van der Waals surface area contributed by atoms with Crippen LogP contribution in [0.15, 0.2) is 48.5 Å². The normalized spacial score (nSPS) is 16.0. The minimum Gasteiger partial charge on any atom is -0.480 e. The van der Waals surface area contributed by atoms with Gasteiger partial charge in [0.15, 0.2) is 0 Å². The molecule has 0 bridgehead atoms. The van der Waals surface area contributed by atoms with Crippen molar-refractivity contribution in [3.8, 4) is 11.1 Å². The smallest absolute Gasteiger partial charge is 0.407 e. The second-order valence-electron chi connectivity index (χ2n) is 9.25. The van der Waals surface area contributed by atoms with Gasteiger partial charge in [0.25, 0.3) is 0 Å². The van der Waals surface area contributed by atoms with Crippen molar-refractivity contribution in [2.24, 2.45) is 11.8 Å². The fourth-order valence-corrected chi connectivity index (χ4v) is 5.29. The molecule has 0 heterocycles. The van der Waals surface area contributed by atoms with E-state index in [1.807, 2.05) is 30.5 Å². The first-order valence-electron chi connectivity index (χ1n) is 12.1. The van der Waals surface area contributed by atoms with Crippen LogP contribution >= 0.6 is 11.8 Å². The fraction of sp³-hybridized carbons (Fsp3) is 0.444. The van der Waals surface area contributed by atoms with E-state index >= 15 is 0 Å². The number of alkyl carbamates (subject to hydrolysis) is 1. The van der Waals surface area contributed by atoms with E-state index in [1.165, 1.54) is 11.1 Å². The van der Waals surface area contributed by atoms with E-state index in [9.17, 15) is 19.5 Å². The molecule has 7 nitrogen and oxygen atoms in total. The molecule has 186 valence electrons. The van der Waals surface area contributed by atoms with Crippen LogP contribution in [0.1, 0.15) is 42.7 Å². The molecule has 0 spiro atoms. The lowest BCUT2D eigenvalue weighted by Gasteiger charge is -2.20. The summed E-state index contributed by atoms with van der Waals surface area (Å²) in [5, 5.41) is 14.8. The number of carbonyl (C=O) groups is 3. The molecule has 0 aliphatic heterocycles. The van der Waals surface area contributed by atoms with Crippen molar-refractivity contribution in [1.82, 2.24) is 10.6 Å². The molecule has 2 aromatic carbocycles. The highest BCUT2D eigenvalue weighted by Gasteiger charge is 2.34. The number of hydrogen-bond acceptors (Lipinski definition) is 5. The van der Waals surface area contributed by atoms with E-state index in [2.05, 4.69) is 34.9 Å². The van der Waals surface area contributed by atoms with Gasteiger partial charge in [0.2, 0.25) is 5.91 Å². The number of aliphatic carboxylic acids is 1. The molecule has 35 heavy (non-hydrogen) atoms. The number of carboxylic acids is 1. The second kappa shape index (κ2) is 11.6. The molecule has 2 aliphatic carbocycles. The predicted octanol–water partition coefficient (Wildman–Crippen LogP) is 4.26. The number of hydrogen-bond donors (Lipinski definition) is 3. The van der Waals surface area contributed by atoms with E-state index < -0.39 is 18.1 Å². The van der Waals surface area contributed by atoms with Crippen molar-refractivity contribution in [3.05, 3.63) is 59.7 Å². The summed E-state index contributed by atoms with van der Waals surface area (Å²) in [5.74, 6) is -0.328. The third kappa shape index (κ3) is 6.36. The summed E-state index contributed by atoms with van der Waals surface area (Å²) in [6, 6.07) is 15.5. The van der Waals surface area contributed by atoms with E-state index in [-0.39, 0.29) is 30.8 Å². The fourth-order valence-electron chi connectivity index (χ4n) is 4.82. The number of benzene rings is 2. The van der Waals surface area contributed by atoms with Crippen LogP contribution in [0.3, 0.4) is 0 Å². The molecule has 2 aliphatic rings. The Balaban J connectivity index is 1.28. The number of carbonyl (C=O) groups excluding carboxylic acids is 2. The lowest BCUT2D eigenvalue weighted by molar-refractivity contribution is -0.142. The van der Waals surface area contributed by atoms with Gasteiger partial charge >= 0.3 is 12.1 Å². The third-order valence-corrected chi connectivity index (χ3v) is 7.48. The van der Waals surface area contributed by atoms with Crippen molar-refractivity contribution in [2.45, 2.75) is 37.6 Å². The summed E-state index contributed by atoms with van der Waals surface area (Å²) in [6.07, 6.45) is 4.00. The maximum Gasteiger partial charge on any atom is 0.407 e.